The summed E-state index contributed by atoms with van der Waals surface area (Å²) in [4.78, 5) is 2.45. The summed E-state index contributed by atoms with van der Waals surface area (Å²) in [5.74, 6) is 0. The maximum Gasteiger partial charge on any atom is 0.0701 e. The van der Waals surface area contributed by atoms with E-state index in [9.17, 15) is 0 Å². The highest BCUT2D eigenvalue weighted by molar-refractivity contribution is 9.11. The molecule has 0 aliphatic heterocycles. The van der Waals surface area contributed by atoms with Gasteiger partial charge >= 0.3 is 0 Å². The average molecular weight is 345 g/mol. The minimum Gasteiger partial charge on any atom is -0.314 e. The largest absolute Gasteiger partial charge is 0.314 e. The van der Waals surface area contributed by atoms with E-state index in [2.05, 4.69) is 51.7 Å². The minimum atomic E-state index is 0.405. The molecule has 0 radical (unpaired) electrons. The lowest BCUT2D eigenvalue weighted by Crippen LogP contribution is -2.46. The van der Waals surface area contributed by atoms with E-state index in [-0.39, 0.29) is 0 Å². The van der Waals surface area contributed by atoms with Crippen LogP contribution in [0.4, 0.5) is 0 Å². The van der Waals surface area contributed by atoms with E-state index >= 15 is 0 Å². The van der Waals surface area contributed by atoms with Gasteiger partial charge in [-0.1, -0.05) is 19.3 Å². The fraction of sp³-hybridized carbons (Fsp3) is 0.733. The molecule has 0 unspecified atom stereocenters. The number of nitrogens with zero attached hydrogens (tertiary/aromatic N) is 1. The molecule has 0 bridgehead atoms. The van der Waals surface area contributed by atoms with Crippen molar-refractivity contribution < 1.29 is 0 Å². The number of hydrogen-bond acceptors (Lipinski definition) is 3. The Kier molecular flexibility index (Phi) is 5.87. The number of rotatable bonds is 6. The topological polar surface area (TPSA) is 15.3 Å². The molecule has 1 aromatic rings. The Bertz CT molecular complexity index is 385. The van der Waals surface area contributed by atoms with Crippen LogP contribution < -0.4 is 5.32 Å². The summed E-state index contributed by atoms with van der Waals surface area (Å²) < 4.78 is 1.23. The van der Waals surface area contributed by atoms with Crippen molar-refractivity contribution in [2.75, 3.05) is 20.6 Å². The highest BCUT2D eigenvalue weighted by Crippen LogP contribution is 2.31. The Balaban J connectivity index is 1.80. The number of halogens is 1. The smallest absolute Gasteiger partial charge is 0.0701 e. The van der Waals surface area contributed by atoms with Crippen molar-refractivity contribution >= 4 is 27.3 Å². The zero-order chi connectivity index (χ0) is 13.7. The first-order valence-electron chi connectivity index (χ1n) is 7.24. The molecule has 0 amide bonds. The molecule has 1 heterocycles. The van der Waals surface area contributed by atoms with Crippen LogP contribution in [0.5, 0.6) is 0 Å². The molecule has 1 aliphatic carbocycles. The first-order chi connectivity index (χ1) is 9.13. The summed E-state index contributed by atoms with van der Waals surface area (Å²) in [7, 11) is 4.37. The lowest BCUT2D eigenvalue weighted by Gasteiger charge is -2.38. The predicted octanol–water partition coefficient (Wildman–Crippen LogP) is 4.25. The van der Waals surface area contributed by atoms with Gasteiger partial charge in [0.25, 0.3) is 0 Å². The van der Waals surface area contributed by atoms with Gasteiger partial charge in [-0.15, -0.1) is 11.3 Å². The van der Waals surface area contributed by atoms with Crippen LogP contribution in [-0.2, 0) is 6.54 Å². The van der Waals surface area contributed by atoms with Crippen molar-refractivity contribution in [1.82, 2.24) is 10.2 Å². The zero-order valence-corrected chi connectivity index (χ0v) is 14.4. The Hall–Kier alpha value is 0.100. The summed E-state index contributed by atoms with van der Waals surface area (Å²) in [5, 5.41) is 5.85. The molecule has 4 heteroatoms. The fourth-order valence-electron chi connectivity index (χ4n) is 3.08. The van der Waals surface area contributed by atoms with Gasteiger partial charge < -0.3 is 10.2 Å². The highest BCUT2D eigenvalue weighted by atomic mass is 79.9. The van der Waals surface area contributed by atoms with Crippen LogP contribution in [0, 0.1) is 0 Å². The van der Waals surface area contributed by atoms with Gasteiger partial charge in [0.15, 0.2) is 0 Å². The van der Waals surface area contributed by atoms with Crippen LogP contribution >= 0.6 is 27.3 Å². The summed E-state index contributed by atoms with van der Waals surface area (Å²) in [6, 6.07) is 2.23. The Morgan fingerprint density at radius 1 is 1.37 bits per heavy atom. The van der Waals surface area contributed by atoms with Gasteiger partial charge in [-0.3, -0.25) is 0 Å². The lowest BCUT2D eigenvalue weighted by atomic mass is 9.79. The molecule has 1 aliphatic rings. The molecule has 2 nitrogen and oxygen atoms in total. The Morgan fingerprint density at radius 2 is 2.11 bits per heavy atom. The van der Waals surface area contributed by atoms with Crippen molar-refractivity contribution in [3.8, 4) is 0 Å². The van der Waals surface area contributed by atoms with Crippen molar-refractivity contribution in [1.29, 1.82) is 0 Å². The van der Waals surface area contributed by atoms with E-state index in [1.54, 1.807) is 11.3 Å². The van der Waals surface area contributed by atoms with Gasteiger partial charge in [0.05, 0.1) is 3.79 Å². The monoisotopic (exact) mass is 344 g/mol. The number of nitrogens with one attached hydrogen (secondary N) is 1. The van der Waals surface area contributed by atoms with Crippen LogP contribution in [0.1, 0.15) is 44.1 Å². The summed E-state index contributed by atoms with van der Waals surface area (Å²) >= 11 is 5.31. The fourth-order valence-corrected chi connectivity index (χ4v) is 4.28. The SMILES string of the molecule is CNC1(CCN(C)Cc2csc(Br)c2)CCCCC1. The molecular weight excluding hydrogens is 320 g/mol. The first kappa shape index (κ1) is 15.5. The van der Waals surface area contributed by atoms with Crippen molar-refractivity contribution in [3.05, 3.63) is 20.8 Å². The maximum absolute atomic E-state index is 3.61. The average Bonchev–Trinajstić information content (AvgIpc) is 2.83. The molecule has 0 saturated heterocycles. The van der Waals surface area contributed by atoms with Crippen LogP contribution in [0.3, 0.4) is 0 Å². The van der Waals surface area contributed by atoms with Gasteiger partial charge in [-0.25, -0.2) is 0 Å². The quantitative estimate of drug-likeness (QED) is 0.829. The maximum atomic E-state index is 3.61. The first-order valence-corrected chi connectivity index (χ1v) is 8.91. The zero-order valence-electron chi connectivity index (χ0n) is 12.0. The second kappa shape index (κ2) is 7.21. The van der Waals surface area contributed by atoms with Gasteiger partial charge in [0, 0.05) is 12.1 Å². The molecular formula is C15H25BrN2S. The molecule has 0 spiro atoms. The van der Waals surface area contributed by atoms with E-state index in [1.165, 1.54) is 54.4 Å². The van der Waals surface area contributed by atoms with Gasteiger partial charge in [0.2, 0.25) is 0 Å². The summed E-state index contributed by atoms with van der Waals surface area (Å²) in [6.07, 6.45) is 8.17. The van der Waals surface area contributed by atoms with E-state index in [0.29, 0.717) is 5.54 Å². The van der Waals surface area contributed by atoms with Crippen molar-refractivity contribution in [2.24, 2.45) is 0 Å². The van der Waals surface area contributed by atoms with Crippen LogP contribution in [-0.4, -0.2) is 31.1 Å². The van der Waals surface area contributed by atoms with Crippen molar-refractivity contribution in [2.45, 2.75) is 50.6 Å². The van der Waals surface area contributed by atoms with Crippen LogP contribution in [0.2, 0.25) is 0 Å². The second-order valence-corrected chi connectivity index (χ2v) is 8.13. The van der Waals surface area contributed by atoms with E-state index in [0.717, 1.165) is 6.54 Å². The molecule has 19 heavy (non-hydrogen) atoms. The molecule has 1 saturated carbocycles. The van der Waals surface area contributed by atoms with Crippen LogP contribution in [0.25, 0.3) is 0 Å². The minimum absolute atomic E-state index is 0.405. The Morgan fingerprint density at radius 3 is 2.68 bits per heavy atom. The van der Waals surface area contributed by atoms with Crippen LogP contribution in [0.15, 0.2) is 15.2 Å². The number of thiophene rings is 1. The predicted molar refractivity (Wildman–Crippen MR) is 87.8 cm³/mol. The van der Waals surface area contributed by atoms with Gasteiger partial charge in [-0.05, 0) is 72.8 Å². The third-order valence-electron chi connectivity index (χ3n) is 4.39. The number of hydrogen-bond donors (Lipinski definition) is 1. The van der Waals surface area contributed by atoms with E-state index in [4.69, 9.17) is 0 Å². The summed E-state index contributed by atoms with van der Waals surface area (Å²) in [6.45, 7) is 2.23. The standard InChI is InChI=1S/C15H25BrN2S/c1-17-15(6-4-3-5-7-15)8-9-18(2)11-13-10-14(16)19-12-13/h10,12,17H,3-9,11H2,1-2H3. The normalized spacial score (nSPS) is 18.9. The van der Waals surface area contributed by atoms with Crippen molar-refractivity contribution in [3.63, 3.8) is 0 Å². The molecule has 1 aromatic heterocycles. The lowest BCUT2D eigenvalue weighted by molar-refractivity contribution is 0.194. The van der Waals surface area contributed by atoms with Gasteiger partial charge in [0.1, 0.15) is 0 Å². The Labute approximate surface area is 129 Å². The molecule has 0 aromatic carbocycles. The van der Waals surface area contributed by atoms with E-state index < -0.39 is 0 Å². The molecule has 1 fully saturated rings. The third kappa shape index (κ3) is 4.55. The molecule has 2 rings (SSSR count). The molecule has 108 valence electrons. The third-order valence-corrected chi connectivity index (χ3v) is 5.94. The molecule has 1 N–H and O–H groups in total. The molecule has 0 atom stereocenters. The highest BCUT2D eigenvalue weighted by Gasteiger charge is 2.29. The summed E-state index contributed by atoms with van der Waals surface area (Å²) in [5.41, 5.74) is 1.82. The van der Waals surface area contributed by atoms with E-state index in [1.807, 2.05) is 0 Å². The van der Waals surface area contributed by atoms with Gasteiger partial charge in [-0.2, -0.15) is 0 Å². The second-order valence-electron chi connectivity index (χ2n) is 5.84.